The van der Waals surface area contributed by atoms with Crippen molar-refractivity contribution in [1.29, 1.82) is 0 Å². The predicted molar refractivity (Wildman–Crippen MR) is 82.0 cm³/mol. The van der Waals surface area contributed by atoms with E-state index in [1.54, 1.807) is 6.20 Å². The topological polar surface area (TPSA) is 45.2 Å². The second-order valence-electron chi connectivity index (χ2n) is 5.52. The van der Waals surface area contributed by atoms with Gasteiger partial charge in [0.15, 0.2) is 0 Å². The number of amides is 1. The molecule has 0 aromatic carbocycles. The highest BCUT2D eigenvalue weighted by atomic mass is 16.2. The summed E-state index contributed by atoms with van der Waals surface area (Å²) in [6.07, 6.45) is 9.01. The van der Waals surface area contributed by atoms with Gasteiger partial charge in [-0.3, -0.25) is 4.79 Å². The zero-order valence-corrected chi connectivity index (χ0v) is 12.6. The summed E-state index contributed by atoms with van der Waals surface area (Å²) in [5, 5.41) is 3.14. The number of aromatic nitrogens is 1. The van der Waals surface area contributed by atoms with Gasteiger partial charge in [-0.2, -0.15) is 0 Å². The van der Waals surface area contributed by atoms with Crippen molar-refractivity contribution in [3.05, 3.63) is 23.9 Å². The second kappa shape index (κ2) is 7.27. The van der Waals surface area contributed by atoms with Gasteiger partial charge in [-0.15, -0.1) is 0 Å². The molecule has 0 radical (unpaired) electrons. The largest absolute Gasteiger partial charge is 0.370 e. The van der Waals surface area contributed by atoms with Crippen molar-refractivity contribution in [1.82, 2.24) is 9.88 Å². The number of hydrogen-bond acceptors (Lipinski definition) is 3. The highest BCUT2D eigenvalue weighted by Gasteiger charge is 2.22. The number of pyridine rings is 1. The number of rotatable bonds is 4. The van der Waals surface area contributed by atoms with Crippen LogP contribution >= 0.6 is 0 Å². The van der Waals surface area contributed by atoms with E-state index in [1.807, 2.05) is 31.0 Å². The lowest BCUT2D eigenvalue weighted by Crippen LogP contribution is -2.36. The van der Waals surface area contributed by atoms with Gasteiger partial charge >= 0.3 is 0 Å². The Labute approximate surface area is 121 Å². The molecule has 0 aliphatic heterocycles. The van der Waals surface area contributed by atoms with Crippen LogP contribution in [0.15, 0.2) is 18.3 Å². The van der Waals surface area contributed by atoms with Gasteiger partial charge < -0.3 is 10.2 Å². The first kappa shape index (κ1) is 14.8. The fraction of sp³-hybridized carbons (Fsp3) is 0.625. The molecule has 0 bridgehead atoms. The maximum Gasteiger partial charge on any atom is 0.255 e. The molecule has 4 nitrogen and oxygen atoms in total. The van der Waals surface area contributed by atoms with E-state index in [0.29, 0.717) is 11.6 Å². The monoisotopic (exact) mass is 275 g/mol. The van der Waals surface area contributed by atoms with Crippen LogP contribution in [0.25, 0.3) is 0 Å². The third-order valence-electron chi connectivity index (χ3n) is 4.06. The van der Waals surface area contributed by atoms with Crippen LogP contribution in [0, 0.1) is 0 Å². The fourth-order valence-corrected chi connectivity index (χ4v) is 2.82. The van der Waals surface area contributed by atoms with E-state index >= 15 is 0 Å². The normalized spacial score (nSPS) is 16.5. The molecule has 0 saturated heterocycles. The van der Waals surface area contributed by atoms with Gasteiger partial charge in [-0.1, -0.05) is 25.7 Å². The maximum absolute atomic E-state index is 12.5. The van der Waals surface area contributed by atoms with E-state index in [-0.39, 0.29) is 5.91 Å². The minimum atomic E-state index is 0.0902. The second-order valence-corrected chi connectivity index (χ2v) is 5.52. The molecule has 1 fully saturated rings. The van der Waals surface area contributed by atoms with Gasteiger partial charge in [0.1, 0.15) is 5.82 Å². The molecular formula is C16H25N3O. The Hall–Kier alpha value is -1.58. The van der Waals surface area contributed by atoms with E-state index in [1.165, 1.54) is 25.7 Å². The van der Waals surface area contributed by atoms with Crippen molar-refractivity contribution >= 4 is 11.7 Å². The van der Waals surface area contributed by atoms with Crippen molar-refractivity contribution in [3.8, 4) is 0 Å². The van der Waals surface area contributed by atoms with Gasteiger partial charge in [0.25, 0.3) is 5.91 Å². The molecule has 1 heterocycles. The molecule has 1 aliphatic rings. The Bertz CT molecular complexity index is 422. The smallest absolute Gasteiger partial charge is 0.255 e. The minimum Gasteiger partial charge on any atom is -0.370 e. The van der Waals surface area contributed by atoms with Crippen molar-refractivity contribution < 1.29 is 4.79 Å². The molecule has 110 valence electrons. The number of carbonyl (C=O) groups is 1. The molecule has 0 spiro atoms. The molecule has 1 N–H and O–H groups in total. The summed E-state index contributed by atoms with van der Waals surface area (Å²) in [5.74, 6) is 0.911. The number of nitrogens with one attached hydrogen (secondary N) is 1. The number of carbonyl (C=O) groups excluding carboxylic acids is 1. The van der Waals surface area contributed by atoms with Crippen LogP contribution in [0.5, 0.6) is 0 Å². The Morgan fingerprint density at radius 3 is 2.55 bits per heavy atom. The van der Waals surface area contributed by atoms with Crippen LogP contribution in [0.1, 0.15) is 55.8 Å². The first-order valence-electron chi connectivity index (χ1n) is 7.69. The van der Waals surface area contributed by atoms with Gasteiger partial charge in [0.05, 0.1) is 5.56 Å². The summed E-state index contributed by atoms with van der Waals surface area (Å²) >= 11 is 0. The maximum atomic E-state index is 12.5. The van der Waals surface area contributed by atoms with Crippen molar-refractivity contribution in [2.45, 2.75) is 51.5 Å². The van der Waals surface area contributed by atoms with Crippen LogP contribution in [0.2, 0.25) is 0 Å². The van der Waals surface area contributed by atoms with Crippen LogP contribution in [-0.2, 0) is 0 Å². The molecule has 0 atom stereocenters. The molecule has 1 aromatic rings. The first-order valence-corrected chi connectivity index (χ1v) is 7.69. The summed E-state index contributed by atoms with van der Waals surface area (Å²) in [4.78, 5) is 18.7. The zero-order valence-electron chi connectivity index (χ0n) is 12.6. The van der Waals surface area contributed by atoms with Gasteiger partial charge in [-0.05, 0) is 31.9 Å². The van der Waals surface area contributed by atoms with Crippen LogP contribution in [0.4, 0.5) is 5.82 Å². The fourth-order valence-electron chi connectivity index (χ4n) is 2.82. The highest BCUT2D eigenvalue weighted by molar-refractivity contribution is 5.94. The van der Waals surface area contributed by atoms with Gasteiger partial charge in [-0.25, -0.2) is 4.98 Å². The summed E-state index contributed by atoms with van der Waals surface area (Å²) in [5.41, 5.74) is 0.679. The molecule has 1 aliphatic carbocycles. The van der Waals surface area contributed by atoms with Crippen molar-refractivity contribution in [2.24, 2.45) is 0 Å². The molecule has 20 heavy (non-hydrogen) atoms. The van der Waals surface area contributed by atoms with Crippen LogP contribution in [0.3, 0.4) is 0 Å². The minimum absolute atomic E-state index is 0.0902. The van der Waals surface area contributed by atoms with Crippen LogP contribution < -0.4 is 5.32 Å². The summed E-state index contributed by atoms with van der Waals surface area (Å²) in [6, 6.07) is 4.12. The molecule has 1 amide bonds. The van der Waals surface area contributed by atoms with Crippen molar-refractivity contribution in [2.75, 3.05) is 18.9 Å². The average molecular weight is 275 g/mol. The zero-order chi connectivity index (χ0) is 14.4. The molecule has 2 rings (SSSR count). The summed E-state index contributed by atoms with van der Waals surface area (Å²) in [7, 11) is 1.93. The molecule has 1 saturated carbocycles. The van der Waals surface area contributed by atoms with Gasteiger partial charge in [0, 0.05) is 25.8 Å². The number of anilines is 1. The number of nitrogens with zero attached hydrogens (tertiary/aromatic N) is 2. The SMILES string of the molecule is CCNc1ccc(C(=O)N(C)C2CCCCCC2)cn1. The predicted octanol–water partition coefficient (Wildman–Crippen LogP) is 3.31. The lowest BCUT2D eigenvalue weighted by molar-refractivity contribution is 0.0717. The molecular weight excluding hydrogens is 250 g/mol. The van der Waals surface area contributed by atoms with Gasteiger partial charge in [0.2, 0.25) is 0 Å². The van der Waals surface area contributed by atoms with E-state index in [4.69, 9.17) is 0 Å². The van der Waals surface area contributed by atoms with E-state index in [0.717, 1.165) is 25.2 Å². The molecule has 4 heteroatoms. The van der Waals surface area contributed by atoms with Crippen molar-refractivity contribution in [3.63, 3.8) is 0 Å². The standard InChI is InChI=1S/C16H25N3O/c1-3-17-15-11-10-13(12-18-15)16(20)19(2)14-8-6-4-5-7-9-14/h10-12,14H,3-9H2,1-2H3,(H,17,18). The highest BCUT2D eigenvalue weighted by Crippen LogP contribution is 2.22. The lowest BCUT2D eigenvalue weighted by atomic mass is 10.1. The van der Waals surface area contributed by atoms with E-state index < -0.39 is 0 Å². The molecule has 0 unspecified atom stereocenters. The average Bonchev–Trinajstić information content (AvgIpc) is 2.76. The van der Waals surface area contributed by atoms with Crippen LogP contribution in [-0.4, -0.2) is 35.4 Å². The van der Waals surface area contributed by atoms with E-state index in [2.05, 4.69) is 10.3 Å². The third-order valence-corrected chi connectivity index (χ3v) is 4.06. The Kier molecular flexibility index (Phi) is 5.39. The Morgan fingerprint density at radius 2 is 2.00 bits per heavy atom. The van der Waals surface area contributed by atoms with E-state index in [9.17, 15) is 4.79 Å². The quantitative estimate of drug-likeness (QED) is 0.857. The summed E-state index contributed by atoms with van der Waals surface area (Å²) < 4.78 is 0. The molecule has 1 aromatic heterocycles. The lowest BCUT2D eigenvalue weighted by Gasteiger charge is -2.27. The third kappa shape index (κ3) is 3.71. The Morgan fingerprint density at radius 1 is 1.30 bits per heavy atom. The Balaban J connectivity index is 2.01. The number of hydrogen-bond donors (Lipinski definition) is 1. The summed E-state index contributed by atoms with van der Waals surface area (Å²) in [6.45, 7) is 2.86. The first-order chi connectivity index (χ1) is 9.72.